The smallest absolute Gasteiger partial charge is 0.264 e. The van der Waals surface area contributed by atoms with Crippen LogP contribution in [0, 0.1) is 0 Å². The molecular formula is C21H27N3O4S. The lowest BCUT2D eigenvalue weighted by Crippen LogP contribution is -2.38. The predicted molar refractivity (Wildman–Crippen MR) is 112 cm³/mol. The highest BCUT2D eigenvalue weighted by molar-refractivity contribution is 7.12. The Balaban J connectivity index is 1.40. The average molecular weight is 418 g/mol. The molecule has 0 spiro atoms. The van der Waals surface area contributed by atoms with Gasteiger partial charge in [0, 0.05) is 33.2 Å². The van der Waals surface area contributed by atoms with Crippen molar-refractivity contribution in [3.05, 3.63) is 52.2 Å². The van der Waals surface area contributed by atoms with E-state index in [9.17, 15) is 9.59 Å². The first-order chi connectivity index (χ1) is 14.1. The number of rotatable bonds is 9. The van der Waals surface area contributed by atoms with E-state index in [2.05, 4.69) is 10.2 Å². The highest BCUT2D eigenvalue weighted by atomic mass is 32.1. The number of likely N-dealkylation sites (N-methyl/N-ethyl adjacent to an activating group) is 1. The Morgan fingerprint density at radius 3 is 2.83 bits per heavy atom. The van der Waals surface area contributed by atoms with E-state index in [0.717, 1.165) is 44.2 Å². The van der Waals surface area contributed by atoms with Crippen LogP contribution in [0.15, 0.2) is 41.8 Å². The van der Waals surface area contributed by atoms with Crippen molar-refractivity contribution >= 4 is 23.2 Å². The van der Waals surface area contributed by atoms with Gasteiger partial charge < -0.3 is 19.7 Å². The lowest BCUT2D eigenvalue weighted by atomic mass is 10.2. The number of benzene rings is 1. The highest BCUT2D eigenvalue weighted by Crippen LogP contribution is 2.14. The summed E-state index contributed by atoms with van der Waals surface area (Å²) in [6.07, 6.45) is 0. The Bertz CT molecular complexity index is 791. The average Bonchev–Trinajstić information content (AvgIpc) is 3.28. The van der Waals surface area contributed by atoms with Gasteiger partial charge >= 0.3 is 0 Å². The number of nitrogens with one attached hydrogen (secondary N) is 1. The van der Waals surface area contributed by atoms with Crippen LogP contribution in [0.2, 0.25) is 0 Å². The molecule has 0 atom stereocenters. The summed E-state index contributed by atoms with van der Waals surface area (Å²) in [6, 6.07) is 11.3. The van der Waals surface area contributed by atoms with Crippen molar-refractivity contribution in [3.63, 3.8) is 0 Å². The quantitative estimate of drug-likeness (QED) is 0.674. The summed E-state index contributed by atoms with van der Waals surface area (Å²) in [6.45, 7) is 5.34. The molecular weight excluding hydrogens is 390 g/mol. The number of hydrogen-bond donors (Lipinski definition) is 1. The number of morpholine rings is 1. The highest BCUT2D eigenvalue weighted by Gasteiger charge is 2.15. The first kappa shape index (κ1) is 21.3. The van der Waals surface area contributed by atoms with Crippen LogP contribution < -0.4 is 10.1 Å². The number of carbonyl (C=O) groups is 2. The molecule has 2 heterocycles. The molecule has 1 aliphatic heterocycles. The van der Waals surface area contributed by atoms with Gasteiger partial charge in [0.05, 0.1) is 24.6 Å². The zero-order valence-electron chi connectivity index (χ0n) is 16.6. The fourth-order valence-electron chi connectivity index (χ4n) is 2.99. The van der Waals surface area contributed by atoms with Gasteiger partial charge in [-0.25, -0.2) is 0 Å². The maximum atomic E-state index is 12.2. The maximum absolute atomic E-state index is 12.2. The number of hydrogen-bond acceptors (Lipinski definition) is 6. The fourth-order valence-corrected chi connectivity index (χ4v) is 3.71. The first-order valence-electron chi connectivity index (χ1n) is 9.69. The van der Waals surface area contributed by atoms with Crippen LogP contribution >= 0.6 is 11.3 Å². The monoisotopic (exact) mass is 417 g/mol. The number of thiophene rings is 1. The van der Waals surface area contributed by atoms with Crippen molar-refractivity contribution < 1.29 is 19.1 Å². The van der Waals surface area contributed by atoms with Gasteiger partial charge in [-0.2, -0.15) is 0 Å². The van der Waals surface area contributed by atoms with Crippen molar-refractivity contribution in [1.82, 2.24) is 15.1 Å². The van der Waals surface area contributed by atoms with E-state index in [4.69, 9.17) is 9.47 Å². The van der Waals surface area contributed by atoms with E-state index in [1.807, 2.05) is 35.7 Å². The van der Waals surface area contributed by atoms with E-state index in [1.54, 1.807) is 13.1 Å². The lowest BCUT2D eigenvalue weighted by Gasteiger charge is -2.26. The molecule has 1 fully saturated rings. The van der Waals surface area contributed by atoms with Gasteiger partial charge in [-0.05, 0) is 29.1 Å². The Morgan fingerprint density at radius 1 is 1.24 bits per heavy atom. The van der Waals surface area contributed by atoms with Crippen LogP contribution in [0.25, 0.3) is 0 Å². The molecule has 1 aliphatic rings. The topological polar surface area (TPSA) is 71.1 Å². The van der Waals surface area contributed by atoms with E-state index >= 15 is 0 Å². The Kier molecular flexibility index (Phi) is 8.03. The third-order valence-electron chi connectivity index (χ3n) is 4.63. The minimum Gasteiger partial charge on any atom is -0.492 e. The maximum Gasteiger partial charge on any atom is 0.264 e. The zero-order valence-corrected chi connectivity index (χ0v) is 17.5. The molecule has 29 heavy (non-hydrogen) atoms. The second-order valence-corrected chi connectivity index (χ2v) is 7.81. The van der Waals surface area contributed by atoms with Crippen LogP contribution in [0.4, 0.5) is 0 Å². The molecule has 7 nitrogen and oxygen atoms in total. The summed E-state index contributed by atoms with van der Waals surface area (Å²) in [5.74, 6) is 0.442. The van der Waals surface area contributed by atoms with Crippen LogP contribution in [0.3, 0.4) is 0 Å². The van der Waals surface area contributed by atoms with Gasteiger partial charge in [0.1, 0.15) is 12.4 Å². The summed E-state index contributed by atoms with van der Waals surface area (Å²) in [7, 11) is 1.63. The summed E-state index contributed by atoms with van der Waals surface area (Å²) in [5.41, 5.74) is 0.953. The molecule has 2 amide bonds. The standard InChI is InChI=1S/C21H27N3O4S/c1-23(21(26)19-6-3-13-29-19)16-20(25)22-15-17-4-2-5-18(14-17)28-12-9-24-7-10-27-11-8-24/h2-6,13-14H,7-12,15-16H2,1H3,(H,22,25). The fraction of sp³-hybridized carbons (Fsp3) is 0.429. The molecule has 1 N–H and O–H groups in total. The zero-order chi connectivity index (χ0) is 20.5. The Hall–Kier alpha value is -2.42. The molecule has 0 bridgehead atoms. The second-order valence-electron chi connectivity index (χ2n) is 6.87. The largest absolute Gasteiger partial charge is 0.492 e. The molecule has 8 heteroatoms. The molecule has 3 rings (SSSR count). The van der Waals surface area contributed by atoms with Crippen molar-refractivity contribution in [2.45, 2.75) is 6.54 Å². The van der Waals surface area contributed by atoms with E-state index < -0.39 is 0 Å². The molecule has 0 unspecified atom stereocenters. The van der Waals surface area contributed by atoms with Crippen molar-refractivity contribution in [2.75, 3.05) is 53.0 Å². The molecule has 156 valence electrons. The van der Waals surface area contributed by atoms with E-state index in [1.165, 1.54) is 16.2 Å². The predicted octanol–water partition coefficient (Wildman–Crippen LogP) is 1.85. The first-order valence-corrected chi connectivity index (χ1v) is 10.6. The normalized spacial score (nSPS) is 14.4. The van der Waals surface area contributed by atoms with Crippen molar-refractivity contribution in [3.8, 4) is 5.75 Å². The molecule has 0 saturated carbocycles. The van der Waals surface area contributed by atoms with Crippen LogP contribution in [0.1, 0.15) is 15.2 Å². The lowest BCUT2D eigenvalue weighted by molar-refractivity contribution is -0.121. The van der Waals surface area contributed by atoms with Gasteiger partial charge in [-0.3, -0.25) is 14.5 Å². The molecule has 0 radical (unpaired) electrons. The van der Waals surface area contributed by atoms with E-state index in [-0.39, 0.29) is 18.4 Å². The Morgan fingerprint density at radius 2 is 2.07 bits per heavy atom. The molecule has 1 aromatic carbocycles. The minimum absolute atomic E-state index is 0.0203. The number of ether oxygens (including phenoxy) is 2. The summed E-state index contributed by atoms with van der Waals surface area (Å²) >= 11 is 1.37. The second kappa shape index (κ2) is 10.9. The SMILES string of the molecule is CN(CC(=O)NCc1cccc(OCCN2CCOCC2)c1)C(=O)c1cccs1. The molecule has 0 aliphatic carbocycles. The molecule has 1 saturated heterocycles. The summed E-state index contributed by atoms with van der Waals surface area (Å²) in [5, 5.41) is 4.70. The van der Waals surface area contributed by atoms with E-state index in [0.29, 0.717) is 18.0 Å². The van der Waals surface area contributed by atoms with Crippen LogP contribution in [0.5, 0.6) is 5.75 Å². The third-order valence-corrected chi connectivity index (χ3v) is 5.49. The minimum atomic E-state index is -0.198. The number of carbonyl (C=O) groups excluding carboxylic acids is 2. The molecule has 1 aromatic heterocycles. The van der Waals surface area contributed by atoms with Gasteiger partial charge in [0.25, 0.3) is 5.91 Å². The Labute approximate surface area is 175 Å². The number of amides is 2. The van der Waals surface area contributed by atoms with Crippen molar-refractivity contribution in [1.29, 1.82) is 0 Å². The summed E-state index contributed by atoms with van der Waals surface area (Å²) in [4.78, 5) is 28.8. The van der Waals surface area contributed by atoms with Gasteiger partial charge in [-0.15, -0.1) is 11.3 Å². The third kappa shape index (κ3) is 6.85. The van der Waals surface area contributed by atoms with Crippen LogP contribution in [-0.4, -0.2) is 74.7 Å². The van der Waals surface area contributed by atoms with Gasteiger partial charge in [-0.1, -0.05) is 18.2 Å². The van der Waals surface area contributed by atoms with Crippen molar-refractivity contribution in [2.24, 2.45) is 0 Å². The van der Waals surface area contributed by atoms with Gasteiger partial charge in [0.15, 0.2) is 0 Å². The number of nitrogens with zero attached hydrogens (tertiary/aromatic N) is 2. The molecule has 2 aromatic rings. The van der Waals surface area contributed by atoms with Crippen LogP contribution in [-0.2, 0) is 16.1 Å². The van der Waals surface area contributed by atoms with Gasteiger partial charge in [0.2, 0.25) is 5.91 Å². The summed E-state index contributed by atoms with van der Waals surface area (Å²) < 4.78 is 11.2.